The zero-order valence-corrected chi connectivity index (χ0v) is 17.5. The molecule has 0 aromatic heterocycles. The molecule has 0 aliphatic carbocycles. The lowest BCUT2D eigenvalue weighted by molar-refractivity contribution is 0.234. The molecule has 2 aromatic rings. The first-order valence-electron chi connectivity index (χ1n) is 8.74. The average Bonchev–Trinajstić information content (AvgIpc) is 2.66. The molecule has 28 heavy (non-hydrogen) atoms. The lowest BCUT2D eigenvalue weighted by Gasteiger charge is -2.21. The Hall–Kier alpha value is -2.74. The van der Waals surface area contributed by atoms with Crippen LogP contribution in [-0.4, -0.2) is 34.9 Å². The number of methoxy groups -OCH3 is 2. The highest BCUT2D eigenvalue weighted by molar-refractivity contribution is 7.90. The smallest absolute Gasteiger partial charge is 0.315 e. The number of urea groups is 1. The van der Waals surface area contributed by atoms with Crippen LogP contribution < -0.4 is 20.1 Å². The lowest BCUT2D eigenvalue weighted by Crippen LogP contribution is -2.38. The second-order valence-corrected chi connectivity index (χ2v) is 8.53. The van der Waals surface area contributed by atoms with Crippen LogP contribution in [0, 0.1) is 0 Å². The van der Waals surface area contributed by atoms with E-state index in [4.69, 9.17) is 9.47 Å². The highest BCUT2D eigenvalue weighted by Gasteiger charge is 2.17. The third-order valence-electron chi connectivity index (χ3n) is 4.41. The number of hydrogen-bond acceptors (Lipinski definition) is 5. The van der Waals surface area contributed by atoms with Gasteiger partial charge in [-0.25, -0.2) is 13.2 Å². The molecule has 2 N–H and O–H groups in total. The van der Waals surface area contributed by atoms with Crippen molar-refractivity contribution in [2.45, 2.75) is 30.8 Å². The topological polar surface area (TPSA) is 93.7 Å². The highest BCUT2D eigenvalue weighted by atomic mass is 32.2. The average molecular weight is 407 g/mol. The monoisotopic (exact) mass is 406 g/mol. The fourth-order valence-electron chi connectivity index (χ4n) is 2.78. The third-order valence-corrected chi connectivity index (χ3v) is 5.54. The number of carbonyl (C=O) groups is 1. The number of ether oxygens (including phenoxy) is 2. The number of amides is 2. The molecule has 152 valence electrons. The number of carbonyl (C=O) groups excluding carboxylic acids is 1. The van der Waals surface area contributed by atoms with E-state index >= 15 is 0 Å². The molecule has 2 rings (SSSR count). The Bertz CT molecular complexity index is 926. The number of hydrogen-bond donors (Lipinski definition) is 2. The number of benzene rings is 2. The molecule has 0 aliphatic rings. The predicted molar refractivity (Wildman–Crippen MR) is 108 cm³/mol. The zero-order chi connectivity index (χ0) is 20.9. The fraction of sp³-hybridized carbons (Fsp3) is 0.350. The Morgan fingerprint density at radius 1 is 0.929 bits per heavy atom. The number of nitrogens with one attached hydrogen (secondary N) is 2. The summed E-state index contributed by atoms with van der Waals surface area (Å²) >= 11 is 0. The summed E-state index contributed by atoms with van der Waals surface area (Å²) in [6.45, 7) is 3.67. The van der Waals surface area contributed by atoms with Gasteiger partial charge in [0.15, 0.2) is 9.84 Å². The van der Waals surface area contributed by atoms with Crippen LogP contribution in [0.1, 0.15) is 37.1 Å². The molecule has 0 heterocycles. The number of rotatable bonds is 7. The van der Waals surface area contributed by atoms with Crippen LogP contribution in [-0.2, 0) is 9.84 Å². The van der Waals surface area contributed by atoms with Crippen molar-refractivity contribution in [1.82, 2.24) is 10.6 Å². The van der Waals surface area contributed by atoms with Crippen molar-refractivity contribution in [1.29, 1.82) is 0 Å². The molecule has 2 unspecified atom stereocenters. The maximum absolute atomic E-state index is 12.4. The molecule has 2 aromatic carbocycles. The minimum absolute atomic E-state index is 0.242. The first-order valence-corrected chi connectivity index (χ1v) is 10.6. The zero-order valence-electron chi connectivity index (χ0n) is 16.6. The SMILES string of the molecule is COc1ccc(OC)c(C(C)NC(=O)NC(C)c2ccc(S(C)(=O)=O)cc2)c1. The van der Waals surface area contributed by atoms with E-state index in [0.717, 1.165) is 17.4 Å². The van der Waals surface area contributed by atoms with Crippen LogP contribution in [0.25, 0.3) is 0 Å². The minimum atomic E-state index is -3.25. The van der Waals surface area contributed by atoms with Crippen LogP contribution in [0.4, 0.5) is 4.79 Å². The Kier molecular flexibility index (Phi) is 6.90. The van der Waals surface area contributed by atoms with E-state index in [9.17, 15) is 13.2 Å². The summed E-state index contributed by atoms with van der Waals surface area (Å²) in [5, 5.41) is 5.73. The van der Waals surface area contributed by atoms with Gasteiger partial charge in [0.05, 0.1) is 31.2 Å². The first kappa shape index (κ1) is 21.6. The summed E-state index contributed by atoms with van der Waals surface area (Å²) in [6, 6.07) is 10.9. The Labute approximate surface area is 166 Å². The second kappa shape index (κ2) is 8.97. The minimum Gasteiger partial charge on any atom is -0.497 e. The van der Waals surface area contributed by atoms with Crippen molar-refractivity contribution in [3.05, 3.63) is 53.6 Å². The summed E-state index contributed by atoms with van der Waals surface area (Å²) in [6.07, 6.45) is 1.16. The molecule has 0 saturated carbocycles. The summed E-state index contributed by atoms with van der Waals surface area (Å²) < 4.78 is 33.7. The van der Waals surface area contributed by atoms with Gasteiger partial charge in [-0.15, -0.1) is 0 Å². The second-order valence-electron chi connectivity index (χ2n) is 6.51. The third kappa shape index (κ3) is 5.39. The van der Waals surface area contributed by atoms with E-state index in [1.165, 1.54) is 12.1 Å². The normalized spacial score (nSPS) is 13.3. The van der Waals surface area contributed by atoms with Gasteiger partial charge in [0, 0.05) is 11.8 Å². The van der Waals surface area contributed by atoms with Gasteiger partial charge in [0.2, 0.25) is 0 Å². The summed E-state index contributed by atoms with van der Waals surface area (Å²) in [5.74, 6) is 1.32. The molecule has 2 amide bonds. The molecular weight excluding hydrogens is 380 g/mol. The van der Waals surface area contributed by atoms with Gasteiger partial charge >= 0.3 is 6.03 Å². The maximum Gasteiger partial charge on any atom is 0.315 e. The first-order chi connectivity index (χ1) is 13.2. The molecule has 0 bridgehead atoms. The standard InChI is InChI=1S/C20H26N2O5S/c1-13(15-6-9-17(10-7-15)28(5,24)25)21-20(23)22-14(2)18-12-16(26-3)8-11-19(18)27-4/h6-14H,1-5H3,(H2,21,22,23). The van der Waals surface area contributed by atoms with Crippen LogP contribution in [0.3, 0.4) is 0 Å². The molecule has 0 radical (unpaired) electrons. The van der Waals surface area contributed by atoms with Gasteiger partial charge in [0.25, 0.3) is 0 Å². The van der Waals surface area contributed by atoms with E-state index in [-0.39, 0.29) is 23.0 Å². The van der Waals surface area contributed by atoms with Crippen LogP contribution in [0.15, 0.2) is 47.4 Å². The van der Waals surface area contributed by atoms with E-state index in [1.807, 2.05) is 19.9 Å². The van der Waals surface area contributed by atoms with Crippen molar-refractivity contribution in [2.24, 2.45) is 0 Å². The van der Waals surface area contributed by atoms with Crippen molar-refractivity contribution >= 4 is 15.9 Å². The molecule has 2 atom stereocenters. The molecule has 0 spiro atoms. The summed E-state index contributed by atoms with van der Waals surface area (Å²) in [7, 11) is -0.103. The summed E-state index contributed by atoms with van der Waals surface area (Å²) in [4.78, 5) is 12.6. The van der Waals surface area contributed by atoms with Crippen LogP contribution >= 0.6 is 0 Å². The number of sulfone groups is 1. The van der Waals surface area contributed by atoms with Crippen LogP contribution in [0.2, 0.25) is 0 Å². The van der Waals surface area contributed by atoms with Crippen molar-refractivity contribution in [3.8, 4) is 11.5 Å². The van der Waals surface area contributed by atoms with Crippen molar-refractivity contribution < 1.29 is 22.7 Å². The molecule has 0 fully saturated rings. The van der Waals surface area contributed by atoms with Crippen LogP contribution in [0.5, 0.6) is 11.5 Å². The Balaban J connectivity index is 2.05. The van der Waals surface area contributed by atoms with E-state index in [0.29, 0.717) is 11.5 Å². The lowest BCUT2D eigenvalue weighted by atomic mass is 10.1. The van der Waals surface area contributed by atoms with Gasteiger partial charge in [0.1, 0.15) is 11.5 Å². The van der Waals surface area contributed by atoms with E-state index in [2.05, 4.69) is 10.6 Å². The van der Waals surface area contributed by atoms with Crippen molar-refractivity contribution in [3.63, 3.8) is 0 Å². The maximum atomic E-state index is 12.4. The van der Waals surface area contributed by atoms with Gasteiger partial charge in [-0.05, 0) is 49.7 Å². The van der Waals surface area contributed by atoms with E-state index in [1.54, 1.807) is 38.5 Å². The molecular formula is C20H26N2O5S. The van der Waals surface area contributed by atoms with Gasteiger partial charge < -0.3 is 20.1 Å². The summed E-state index contributed by atoms with van der Waals surface area (Å²) in [5.41, 5.74) is 1.59. The van der Waals surface area contributed by atoms with Crippen molar-refractivity contribution in [2.75, 3.05) is 20.5 Å². The van der Waals surface area contributed by atoms with Gasteiger partial charge in [-0.2, -0.15) is 0 Å². The molecule has 0 aliphatic heterocycles. The molecule has 7 nitrogen and oxygen atoms in total. The highest BCUT2D eigenvalue weighted by Crippen LogP contribution is 2.29. The fourth-order valence-corrected chi connectivity index (χ4v) is 3.41. The van der Waals surface area contributed by atoms with Gasteiger partial charge in [-0.3, -0.25) is 0 Å². The van der Waals surface area contributed by atoms with E-state index < -0.39 is 9.84 Å². The Morgan fingerprint density at radius 2 is 1.54 bits per heavy atom. The largest absolute Gasteiger partial charge is 0.497 e. The predicted octanol–water partition coefficient (Wildman–Crippen LogP) is 3.23. The Morgan fingerprint density at radius 3 is 2.07 bits per heavy atom. The molecule has 8 heteroatoms. The molecule has 0 saturated heterocycles. The van der Waals surface area contributed by atoms with Gasteiger partial charge in [-0.1, -0.05) is 12.1 Å². The quantitative estimate of drug-likeness (QED) is 0.736.